The first-order valence-electron chi connectivity index (χ1n) is 3.63. The van der Waals surface area contributed by atoms with Gasteiger partial charge >= 0.3 is 0 Å². The van der Waals surface area contributed by atoms with Crippen LogP contribution in [0.5, 0.6) is 0 Å². The molecule has 1 heterocycles. The summed E-state index contributed by atoms with van der Waals surface area (Å²) in [7, 11) is 1.06. The van der Waals surface area contributed by atoms with Crippen LogP contribution in [-0.4, -0.2) is 12.6 Å². The molecule has 0 radical (unpaired) electrons. The Morgan fingerprint density at radius 2 is 1.90 bits per heavy atom. The molecule has 0 fully saturated rings. The molecule has 0 amide bonds. The first-order chi connectivity index (χ1) is 4.52. The molecule has 1 nitrogen and oxygen atoms in total. The molecule has 1 aromatic heterocycles. The monoisotopic (exact) mass is 153 g/mol. The Hall–Kier alpha value is -0.503. The van der Waals surface area contributed by atoms with Gasteiger partial charge in [0.1, 0.15) is 0 Å². The average Bonchev–Trinajstić information content (AvgIpc) is 2.11. The maximum Gasteiger partial charge on any atom is 0.0984 e. The quantitative estimate of drug-likeness (QED) is 0.540. The molecule has 10 heavy (non-hydrogen) atoms. The van der Waals surface area contributed by atoms with Crippen molar-refractivity contribution < 1.29 is 0 Å². The van der Waals surface area contributed by atoms with Crippen molar-refractivity contribution in [2.24, 2.45) is 7.05 Å². The van der Waals surface area contributed by atoms with Crippen molar-refractivity contribution in [1.29, 1.82) is 0 Å². The SMILES string of the molecule is Cn1cccc1[Si](C)(C)C. The summed E-state index contributed by atoms with van der Waals surface area (Å²) in [5.41, 5.74) is 0. The summed E-state index contributed by atoms with van der Waals surface area (Å²) >= 11 is 0. The minimum absolute atomic E-state index is 1.06. The highest BCUT2D eigenvalue weighted by molar-refractivity contribution is 6.88. The molecule has 0 aromatic carbocycles. The van der Waals surface area contributed by atoms with Crippen LogP contribution < -0.4 is 5.32 Å². The molecule has 0 N–H and O–H groups in total. The first kappa shape index (κ1) is 7.60. The van der Waals surface area contributed by atoms with E-state index in [1.54, 1.807) is 0 Å². The van der Waals surface area contributed by atoms with Gasteiger partial charge in [0.25, 0.3) is 0 Å². The van der Waals surface area contributed by atoms with Crippen LogP contribution in [0.4, 0.5) is 0 Å². The maximum absolute atomic E-state index is 2.36. The van der Waals surface area contributed by atoms with Gasteiger partial charge in [-0.2, -0.15) is 0 Å². The van der Waals surface area contributed by atoms with Crippen LogP contribution in [0.25, 0.3) is 0 Å². The van der Waals surface area contributed by atoms with Crippen molar-refractivity contribution in [3.05, 3.63) is 18.3 Å². The van der Waals surface area contributed by atoms with Crippen molar-refractivity contribution in [3.63, 3.8) is 0 Å². The molecule has 0 unspecified atom stereocenters. The molecule has 0 atom stereocenters. The summed E-state index contributed by atoms with van der Waals surface area (Å²) in [4.78, 5) is 0. The van der Waals surface area contributed by atoms with Crippen molar-refractivity contribution in [3.8, 4) is 0 Å². The molecule has 56 valence electrons. The van der Waals surface area contributed by atoms with E-state index in [4.69, 9.17) is 0 Å². The molecule has 0 saturated carbocycles. The third kappa shape index (κ3) is 1.32. The third-order valence-corrected chi connectivity index (χ3v) is 3.77. The van der Waals surface area contributed by atoms with Crippen LogP contribution in [-0.2, 0) is 7.05 Å². The van der Waals surface area contributed by atoms with Crippen molar-refractivity contribution in [2.75, 3.05) is 0 Å². The van der Waals surface area contributed by atoms with Gasteiger partial charge in [0.05, 0.1) is 8.07 Å². The summed E-state index contributed by atoms with van der Waals surface area (Å²) < 4.78 is 2.23. The topological polar surface area (TPSA) is 4.93 Å². The Kier molecular flexibility index (Phi) is 1.73. The lowest BCUT2D eigenvalue weighted by atomic mass is 10.7. The van der Waals surface area contributed by atoms with Gasteiger partial charge < -0.3 is 4.57 Å². The van der Waals surface area contributed by atoms with Crippen LogP contribution in [0.2, 0.25) is 19.6 Å². The minimum Gasteiger partial charge on any atom is -0.358 e. The Balaban J connectivity index is 3.05. The molecular formula is C8H15NSi. The predicted octanol–water partition coefficient (Wildman–Crippen LogP) is 1.57. The van der Waals surface area contributed by atoms with Gasteiger partial charge in [-0.1, -0.05) is 19.6 Å². The molecule has 1 rings (SSSR count). The van der Waals surface area contributed by atoms with Crippen LogP contribution >= 0.6 is 0 Å². The fourth-order valence-electron chi connectivity index (χ4n) is 1.24. The van der Waals surface area contributed by atoms with Gasteiger partial charge in [-0.05, 0) is 12.1 Å². The molecule has 2 heteroatoms. The summed E-state index contributed by atoms with van der Waals surface area (Å²) in [6.45, 7) is 7.09. The van der Waals surface area contributed by atoms with Crippen molar-refractivity contribution in [2.45, 2.75) is 19.6 Å². The Morgan fingerprint density at radius 1 is 1.30 bits per heavy atom. The second kappa shape index (κ2) is 2.27. The second-order valence-electron chi connectivity index (χ2n) is 3.75. The molecular weight excluding hydrogens is 138 g/mol. The molecule has 0 bridgehead atoms. The highest BCUT2D eigenvalue weighted by Crippen LogP contribution is 2.00. The fourth-order valence-corrected chi connectivity index (χ4v) is 2.97. The maximum atomic E-state index is 2.36. The van der Waals surface area contributed by atoms with E-state index in [0.717, 1.165) is 0 Å². The van der Waals surface area contributed by atoms with Gasteiger partial charge in [-0.25, -0.2) is 0 Å². The summed E-state index contributed by atoms with van der Waals surface area (Å²) in [6, 6.07) is 4.35. The molecule has 0 aliphatic carbocycles. The number of hydrogen-bond acceptors (Lipinski definition) is 0. The molecule has 1 aromatic rings. The van der Waals surface area contributed by atoms with Crippen LogP contribution in [0.1, 0.15) is 0 Å². The van der Waals surface area contributed by atoms with Crippen LogP contribution in [0.3, 0.4) is 0 Å². The molecule has 0 saturated heterocycles. The van der Waals surface area contributed by atoms with Gasteiger partial charge in [0.15, 0.2) is 0 Å². The zero-order chi connectivity index (χ0) is 7.78. The largest absolute Gasteiger partial charge is 0.358 e. The average molecular weight is 153 g/mol. The highest BCUT2D eigenvalue weighted by Gasteiger charge is 2.18. The number of rotatable bonds is 1. The lowest BCUT2D eigenvalue weighted by Crippen LogP contribution is -2.41. The number of aromatic nitrogens is 1. The van der Waals surface area contributed by atoms with Crippen molar-refractivity contribution in [1.82, 2.24) is 4.57 Å². The lowest BCUT2D eigenvalue weighted by Gasteiger charge is -2.16. The number of hydrogen-bond donors (Lipinski definition) is 0. The van der Waals surface area contributed by atoms with Gasteiger partial charge in [0, 0.05) is 18.6 Å². The van der Waals surface area contributed by atoms with Gasteiger partial charge in [-0.15, -0.1) is 0 Å². The Morgan fingerprint density at radius 3 is 2.10 bits per heavy atom. The first-order valence-corrected chi connectivity index (χ1v) is 7.13. The highest BCUT2D eigenvalue weighted by atomic mass is 28.3. The molecule has 0 aliphatic rings. The van der Waals surface area contributed by atoms with Gasteiger partial charge in [-0.3, -0.25) is 0 Å². The minimum atomic E-state index is -1.06. The Labute approximate surface area is 63.7 Å². The standard InChI is InChI=1S/C8H15NSi/c1-9-7-5-6-8(9)10(2,3)4/h5-7H,1-4H3. The smallest absolute Gasteiger partial charge is 0.0984 e. The van der Waals surface area contributed by atoms with E-state index >= 15 is 0 Å². The predicted molar refractivity (Wildman–Crippen MR) is 48.4 cm³/mol. The van der Waals surface area contributed by atoms with E-state index in [0.29, 0.717) is 0 Å². The zero-order valence-corrected chi connectivity index (χ0v) is 8.18. The van der Waals surface area contributed by atoms with Crippen LogP contribution in [0.15, 0.2) is 18.3 Å². The molecule has 0 spiro atoms. The van der Waals surface area contributed by atoms with Crippen molar-refractivity contribution >= 4 is 13.4 Å². The van der Waals surface area contributed by atoms with E-state index in [-0.39, 0.29) is 0 Å². The van der Waals surface area contributed by atoms with E-state index < -0.39 is 8.07 Å². The van der Waals surface area contributed by atoms with Gasteiger partial charge in [0.2, 0.25) is 0 Å². The van der Waals surface area contributed by atoms with E-state index in [1.165, 1.54) is 5.32 Å². The normalized spacial score (nSPS) is 12.0. The number of aryl methyl sites for hydroxylation is 1. The Bertz CT molecular complexity index is 219. The summed E-state index contributed by atoms with van der Waals surface area (Å²) in [5, 5.41) is 1.52. The van der Waals surface area contributed by atoms with E-state index in [9.17, 15) is 0 Å². The second-order valence-corrected chi connectivity index (χ2v) is 8.77. The zero-order valence-electron chi connectivity index (χ0n) is 7.18. The lowest BCUT2D eigenvalue weighted by molar-refractivity contribution is 0.953. The number of nitrogens with zero attached hydrogens (tertiary/aromatic N) is 1. The van der Waals surface area contributed by atoms with Crippen LogP contribution in [0, 0.1) is 0 Å². The van der Waals surface area contributed by atoms with E-state index in [1.807, 2.05) is 0 Å². The fraction of sp³-hybridized carbons (Fsp3) is 0.500. The third-order valence-electron chi connectivity index (χ3n) is 1.71. The summed E-state index contributed by atoms with van der Waals surface area (Å²) in [5.74, 6) is 0. The molecule has 0 aliphatic heterocycles. The summed E-state index contributed by atoms with van der Waals surface area (Å²) in [6.07, 6.45) is 2.12. The van der Waals surface area contributed by atoms with E-state index in [2.05, 4.69) is 49.6 Å².